The fraction of sp³-hybridized carbons (Fsp3) is 0.143. The first-order valence-electron chi connectivity index (χ1n) is 5.51. The topological polar surface area (TPSA) is 35.2 Å². The van der Waals surface area contributed by atoms with E-state index in [4.69, 9.17) is 22.1 Å². The van der Waals surface area contributed by atoms with Crippen LogP contribution in [-0.2, 0) is 6.42 Å². The van der Waals surface area contributed by atoms with Crippen LogP contribution in [0.4, 0.5) is 5.69 Å². The number of anilines is 1. The van der Waals surface area contributed by atoms with Gasteiger partial charge in [-0.1, -0.05) is 30.7 Å². The summed E-state index contributed by atoms with van der Waals surface area (Å²) in [6.07, 6.45) is 0.979. The number of nitrogens with two attached hydrogens (primary N) is 1. The van der Waals surface area contributed by atoms with Crippen molar-refractivity contribution in [2.45, 2.75) is 13.3 Å². The molecule has 2 N–H and O–H groups in total. The molecule has 0 saturated carbocycles. The van der Waals surface area contributed by atoms with Gasteiger partial charge >= 0.3 is 0 Å². The summed E-state index contributed by atoms with van der Waals surface area (Å²) in [4.78, 5) is 0. The highest BCUT2D eigenvalue weighted by Crippen LogP contribution is 2.29. The first kappa shape index (κ1) is 11.8. The first-order chi connectivity index (χ1) is 8.19. The van der Waals surface area contributed by atoms with Gasteiger partial charge in [-0.05, 0) is 42.3 Å². The molecule has 0 unspecified atom stereocenters. The Labute approximate surface area is 106 Å². The highest BCUT2D eigenvalue weighted by Gasteiger charge is 2.03. The van der Waals surface area contributed by atoms with E-state index in [0.717, 1.165) is 12.2 Å². The fourth-order valence-corrected chi connectivity index (χ4v) is 1.75. The molecule has 0 aliphatic heterocycles. The fourth-order valence-electron chi connectivity index (χ4n) is 1.57. The Morgan fingerprint density at radius 2 is 2.00 bits per heavy atom. The van der Waals surface area contributed by atoms with Crippen LogP contribution < -0.4 is 10.5 Å². The third kappa shape index (κ3) is 2.92. The second-order valence-corrected chi connectivity index (χ2v) is 4.22. The minimum atomic E-state index is 0.541. The maximum absolute atomic E-state index is 5.83. The van der Waals surface area contributed by atoms with Crippen molar-refractivity contribution in [3.63, 3.8) is 0 Å². The lowest BCUT2D eigenvalue weighted by atomic mass is 10.2. The summed E-state index contributed by atoms with van der Waals surface area (Å²) in [6.45, 7) is 2.11. The molecule has 0 bridgehead atoms. The maximum atomic E-state index is 5.83. The highest BCUT2D eigenvalue weighted by molar-refractivity contribution is 6.30. The number of nitrogen functional groups attached to an aromatic ring is 1. The Hall–Kier alpha value is -1.67. The van der Waals surface area contributed by atoms with E-state index in [1.807, 2.05) is 18.2 Å². The second kappa shape index (κ2) is 5.11. The molecule has 0 saturated heterocycles. The molecule has 2 aromatic rings. The quantitative estimate of drug-likeness (QED) is 0.822. The minimum absolute atomic E-state index is 0.541. The predicted octanol–water partition coefficient (Wildman–Crippen LogP) is 4.28. The Bertz CT molecular complexity index is 525. The zero-order valence-corrected chi connectivity index (χ0v) is 10.4. The number of aryl methyl sites for hydroxylation is 1. The zero-order chi connectivity index (χ0) is 12.3. The average molecular weight is 248 g/mol. The first-order valence-corrected chi connectivity index (χ1v) is 5.88. The van der Waals surface area contributed by atoms with Crippen LogP contribution in [0, 0.1) is 0 Å². The number of hydrogen-bond acceptors (Lipinski definition) is 2. The van der Waals surface area contributed by atoms with Crippen molar-refractivity contribution in [2.75, 3.05) is 5.73 Å². The van der Waals surface area contributed by atoms with Crippen molar-refractivity contribution >= 4 is 17.3 Å². The highest BCUT2D eigenvalue weighted by atomic mass is 35.5. The largest absolute Gasteiger partial charge is 0.455 e. The van der Waals surface area contributed by atoms with E-state index in [0.29, 0.717) is 16.5 Å². The number of hydrogen-bond donors (Lipinski definition) is 1. The Balaban J connectivity index is 2.25. The minimum Gasteiger partial charge on any atom is -0.455 e. The van der Waals surface area contributed by atoms with Gasteiger partial charge in [0.05, 0.1) is 5.69 Å². The van der Waals surface area contributed by atoms with Gasteiger partial charge in [0.25, 0.3) is 0 Å². The Morgan fingerprint density at radius 1 is 1.18 bits per heavy atom. The molecule has 0 heterocycles. The molecule has 0 radical (unpaired) electrons. The molecule has 88 valence electrons. The SMILES string of the molecule is CCc1cccc(Oc2ccc(Cl)cc2N)c1. The van der Waals surface area contributed by atoms with Gasteiger partial charge in [0, 0.05) is 5.02 Å². The van der Waals surface area contributed by atoms with Gasteiger partial charge in [0.15, 0.2) is 0 Å². The van der Waals surface area contributed by atoms with Crippen LogP contribution in [0.3, 0.4) is 0 Å². The lowest BCUT2D eigenvalue weighted by Crippen LogP contribution is -1.92. The van der Waals surface area contributed by atoms with E-state index in [2.05, 4.69) is 13.0 Å². The van der Waals surface area contributed by atoms with Gasteiger partial charge in [0.2, 0.25) is 0 Å². The molecular formula is C14H14ClNO. The normalized spacial score (nSPS) is 10.2. The molecular weight excluding hydrogens is 234 g/mol. The smallest absolute Gasteiger partial charge is 0.150 e. The van der Waals surface area contributed by atoms with Crippen molar-refractivity contribution in [3.8, 4) is 11.5 Å². The van der Waals surface area contributed by atoms with E-state index >= 15 is 0 Å². The summed E-state index contributed by atoms with van der Waals surface area (Å²) < 4.78 is 5.72. The zero-order valence-electron chi connectivity index (χ0n) is 9.61. The average Bonchev–Trinajstić information content (AvgIpc) is 2.33. The van der Waals surface area contributed by atoms with Gasteiger partial charge in [0.1, 0.15) is 11.5 Å². The molecule has 3 heteroatoms. The van der Waals surface area contributed by atoms with Gasteiger partial charge in [-0.15, -0.1) is 0 Å². The van der Waals surface area contributed by atoms with Crippen molar-refractivity contribution in [1.29, 1.82) is 0 Å². The van der Waals surface area contributed by atoms with Crippen LogP contribution in [0.1, 0.15) is 12.5 Å². The number of benzene rings is 2. The van der Waals surface area contributed by atoms with Crippen LogP contribution >= 0.6 is 11.6 Å². The third-order valence-corrected chi connectivity index (χ3v) is 2.74. The van der Waals surface area contributed by atoms with Crippen molar-refractivity contribution < 1.29 is 4.74 Å². The van der Waals surface area contributed by atoms with E-state index < -0.39 is 0 Å². The monoisotopic (exact) mass is 247 g/mol. The standard InChI is InChI=1S/C14H14ClNO/c1-2-10-4-3-5-12(8-10)17-14-7-6-11(15)9-13(14)16/h3-9H,2,16H2,1H3. The van der Waals surface area contributed by atoms with Gasteiger partial charge in [-0.2, -0.15) is 0 Å². The number of rotatable bonds is 3. The molecule has 0 fully saturated rings. The molecule has 2 rings (SSSR count). The Kier molecular flexibility index (Phi) is 3.55. The van der Waals surface area contributed by atoms with E-state index in [-0.39, 0.29) is 0 Å². The van der Waals surface area contributed by atoms with Crippen LogP contribution in [-0.4, -0.2) is 0 Å². The summed E-state index contributed by atoms with van der Waals surface area (Å²) in [6, 6.07) is 13.2. The summed E-state index contributed by atoms with van der Waals surface area (Å²) >= 11 is 5.83. The van der Waals surface area contributed by atoms with Crippen molar-refractivity contribution in [3.05, 3.63) is 53.1 Å². The summed E-state index contributed by atoms with van der Waals surface area (Å²) in [5.41, 5.74) is 7.60. The third-order valence-electron chi connectivity index (χ3n) is 2.51. The van der Waals surface area contributed by atoms with E-state index in [9.17, 15) is 0 Å². The van der Waals surface area contributed by atoms with Crippen LogP contribution in [0.25, 0.3) is 0 Å². The Morgan fingerprint density at radius 3 is 2.71 bits per heavy atom. The molecule has 17 heavy (non-hydrogen) atoms. The molecule has 0 aliphatic rings. The summed E-state index contributed by atoms with van der Waals surface area (Å²) in [5, 5.41) is 0.608. The van der Waals surface area contributed by atoms with Crippen molar-refractivity contribution in [1.82, 2.24) is 0 Å². The summed E-state index contributed by atoms with van der Waals surface area (Å²) in [7, 11) is 0. The molecule has 0 amide bonds. The summed E-state index contributed by atoms with van der Waals surface area (Å²) in [5.74, 6) is 1.42. The van der Waals surface area contributed by atoms with E-state index in [1.54, 1.807) is 18.2 Å². The van der Waals surface area contributed by atoms with Crippen LogP contribution in [0.2, 0.25) is 5.02 Å². The number of ether oxygens (including phenoxy) is 1. The van der Waals surface area contributed by atoms with Crippen LogP contribution in [0.5, 0.6) is 11.5 Å². The molecule has 2 nitrogen and oxygen atoms in total. The molecule has 0 atom stereocenters. The lowest BCUT2D eigenvalue weighted by Gasteiger charge is -2.09. The molecule has 0 aliphatic carbocycles. The number of halogens is 1. The van der Waals surface area contributed by atoms with Crippen LogP contribution in [0.15, 0.2) is 42.5 Å². The van der Waals surface area contributed by atoms with E-state index in [1.165, 1.54) is 5.56 Å². The molecule has 2 aromatic carbocycles. The molecule has 0 aromatic heterocycles. The van der Waals surface area contributed by atoms with Gasteiger partial charge in [-0.25, -0.2) is 0 Å². The van der Waals surface area contributed by atoms with Gasteiger partial charge in [-0.3, -0.25) is 0 Å². The predicted molar refractivity (Wildman–Crippen MR) is 71.8 cm³/mol. The second-order valence-electron chi connectivity index (χ2n) is 3.79. The lowest BCUT2D eigenvalue weighted by molar-refractivity contribution is 0.484. The van der Waals surface area contributed by atoms with Crippen molar-refractivity contribution in [2.24, 2.45) is 0 Å². The maximum Gasteiger partial charge on any atom is 0.150 e. The molecule has 0 spiro atoms. The van der Waals surface area contributed by atoms with Gasteiger partial charge < -0.3 is 10.5 Å².